The number of rotatable bonds is 10. The van der Waals surface area contributed by atoms with Crippen LogP contribution in [0, 0.1) is 0 Å². The smallest absolute Gasteiger partial charge is 0.0685 e. The van der Waals surface area contributed by atoms with Gasteiger partial charge in [0.2, 0.25) is 0 Å². The first-order valence-corrected chi connectivity index (χ1v) is 7.54. The minimum absolute atomic E-state index is 0.747. The maximum atomic E-state index is 5.47. The van der Waals surface area contributed by atoms with Crippen molar-refractivity contribution in [2.75, 3.05) is 13.2 Å². The topological polar surface area (TPSA) is 9.23 Å². The third-order valence-electron chi connectivity index (χ3n) is 2.37. The highest BCUT2D eigenvalue weighted by atomic mass is 127. The predicted molar refractivity (Wildman–Crippen MR) is 81.1 cm³/mol. The fourth-order valence-corrected chi connectivity index (χ4v) is 1.55. The van der Waals surface area contributed by atoms with E-state index in [-0.39, 0.29) is 0 Å². The molecule has 0 rings (SSSR count). The molecule has 2 heteroatoms. The zero-order valence-corrected chi connectivity index (χ0v) is 12.8. The van der Waals surface area contributed by atoms with Crippen LogP contribution in [0.15, 0.2) is 21.8 Å². The van der Waals surface area contributed by atoms with E-state index in [9.17, 15) is 0 Å². The van der Waals surface area contributed by atoms with Crippen molar-refractivity contribution in [3.63, 3.8) is 0 Å². The molecule has 0 N–H and O–H groups in total. The van der Waals surface area contributed by atoms with E-state index in [4.69, 9.17) is 4.74 Å². The Morgan fingerprint density at radius 1 is 1.12 bits per heavy atom. The van der Waals surface area contributed by atoms with Crippen LogP contribution >= 0.6 is 22.6 Å². The summed E-state index contributed by atoms with van der Waals surface area (Å²) in [5.41, 5.74) is 1.29. The van der Waals surface area contributed by atoms with Gasteiger partial charge in [0.25, 0.3) is 0 Å². The SMILES string of the molecule is CCCCCCC/C=C/COC/C(C)=C\I. The molecule has 0 heterocycles. The van der Waals surface area contributed by atoms with Crippen LogP contribution in [0.2, 0.25) is 0 Å². The number of halogens is 1. The summed E-state index contributed by atoms with van der Waals surface area (Å²) >= 11 is 2.24. The predicted octanol–water partition coefficient (Wildman–Crippen LogP) is 5.26. The Morgan fingerprint density at radius 3 is 2.56 bits per heavy atom. The van der Waals surface area contributed by atoms with Crippen molar-refractivity contribution in [3.8, 4) is 0 Å². The quantitative estimate of drug-likeness (QED) is 0.300. The fourth-order valence-electron chi connectivity index (χ4n) is 1.37. The van der Waals surface area contributed by atoms with Gasteiger partial charge in [0.1, 0.15) is 0 Å². The number of hydrogen-bond acceptors (Lipinski definition) is 1. The van der Waals surface area contributed by atoms with Gasteiger partial charge >= 0.3 is 0 Å². The van der Waals surface area contributed by atoms with Crippen molar-refractivity contribution >= 4 is 22.6 Å². The van der Waals surface area contributed by atoms with Gasteiger partial charge in [-0.2, -0.15) is 0 Å². The molecule has 0 saturated carbocycles. The second-order valence-corrected chi connectivity index (χ2v) is 4.77. The standard InChI is InChI=1S/C14H25IO/c1-3-4-5-6-7-8-9-10-11-16-13-14(2)12-15/h9-10,12H,3-8,11,13H2,1-2H3/b10-9+,14-12-. The molecule has 1 nitrogen and oxygen atoms in total. The summed E-state index contributed by atoms with van der Waals surface area (Å²) in [7, 11) is 0. The second-order valence-electron chi connectivity index (χ2n) is 4.14. The van der Waals surface area contributed by atoms with Crippen LogP contribution in [0.5, 0.6) is 0 Å². The lowest BCUT2D eigenvalue weighted by Crippen LogP contribution is -1.94. The number of allylic oxidation sites excluding steroid dienone is 1. The van der Waals surface area contributed by atoms with Crippen LogP contribution in [0.1, 0.15) is 52.4 Å². The largest absolute Gasteiger partial charge is 0.373 e. The van der Waals surface area contributed by atoms with E-state index in [2.05, 4.69) is 52.7 Å². The molecular formula is C14H25IO. The zero-order chi connectivity index (χ0) is 12.1. The molecule has 0 amide bonds. The van der Waals surface area contributed by atoms with Crippen LogP contribution in [-0.4, -0.2) is 13.2 Å². The van der Waals surface area contributed by atoms with E-state index in [0.29, 0.717) is 0 Å². The third kappa shape index (κ3) is 12.2. The molecular weight excluding hydrogens is 311 g/mol. The van der Waals surface area contributed by atoms with Gasteiger partial charge in [-0.1, -0.05) is 67.3 Å². The van der Waals surface area contributed by atoms with Crippen molar-refractivity contribution in [3.05, 3.63) is 21.8 Å². The van der Waals surface area contributed by atoms with Crippen LogP contribution in [-0.2, 0) is 4.74 Å². The summed E-state index contributed by atoms with van der Waals surface area (Å²) in [6.45, 7) is 5.84. The van der Waals surface area contributed by atoms with E-state index in [1.807, 2.05) is 0 Å². The maximum absolute atomic E-state index is 5.47. The first kappa shape index (κ1) is 16.2. The van der Waals surface area contributed by atoms with E-state index in [1.165, 1.54) is 44.1 Å². The maximum Gasteiger partial charge on any atom is 0.0685 e. The molecule has 94 valence electrons. The molecule has 0 saturated heterocycles. The van der Waals surface area contributed by atoms with Crippen LogP contribution < -0.4 is 0 Å². The van der Waals surface area contributed by atoms with Crippen LogP contribution in [0.25, 0.3) is 0 Å². The Kier molecular flexibility index (Phi) is 13.4. The molecule has 0 aromatic heterocycles. The third-order valence-corrected chi connectivity index (χ3v) is 3.43. The Labute approximate surface area is 114 Å². The number of ether oxygens (including phenoxy) is 1. The summed E-state index contributed by atoms with van der Waals surface area (Å²) < 4.78 is 7.54. The molecule has 0 atom stereocenters. The lowest BCUT2D eigenvalue weighted by Gasteiger charge is -1.99. The summed E-state index contributed by atoms with van der Waals surface area (Å²) in [4.78, 5) is 0. The van der Waals surface area contributed by atoms with E-state index in [1.54, 1.807) is 0 Å². The monoisotopic (exact) mass is 336 g/mol. The summed E-state index contributed by atoms with van der Waals surface area (Å²) in [5, 5.41) is 0. The minimum Gasteiger partial charge on any atom is -0.373 e. The minimum atomic E-state index is 0.747. The first-order chi connectivity index (χ1) is 7.81. The molecule has 0 aromatic rings. The first-order valence-electron chi connectivity index (χ1n) is 6.29. The van der Waals surface area contributed by atoms with Crippen LogP contribution in [0.4, 0.5) is 0 Å². The highest BCUT2D eigenvalue weighted by molar-refractivity contribution is 14.1. The van der Waals surface area contributed by atoms with E-state index >= 15 is 0 Å². The molecule has 0 radical (unpaired) electrons. The lowest BCUT2D eigenvalue weighted by atomic mass is 10.1. The van der Waals surface area contributed by atoms with Crippen molar-refractivity contribution in [1.29, 1.82) is 0 Å². The van der Waals surface area contributed by atoms with Crippen LogP contribution in [0.3, 0.4) is 0 Å². The Hall–Kier alpha value is 0.170. The van der Waals surface area contributed by atoms with Gasteiger partial charge in [0, 0.05) is 0 Å². The summed E-state index contributed by atoms with van der Waals surface area (Å²) in [6, 6.07) is 0. The molecule has 0 aliphatic rings. The Morgan fingerprint density at radius 2 is 1.88 bits per heavy atom. The Bertz CT molecular complexity index is 197. The highest BCUT2D eigenvalue weighted by Crippen LogP contribution is 2.05. The van der Waals surface area contributed by atoms with Gasteiger partial charge in [-0.15, -0.1) is 0 Å². The molecule has 0 aliphatic carbocycles. The molecule has 0 fully saturated rings. The van der Waals surface area contributed by atoms with Gasteiger partial charge in [-0.05, 0) is 29.4 Å². The van der Waals surface area contributed by atoms with Crippen molar-refractivity contribution in [2.45, 2.75) is 52.4 Å². The van der Waals surface area contributed by atoms with Gasteiger partial charge < -0.3 is 4.74 Å². The molecule has 0 unspecified atom stereocenters. The normalized spacial score (nSPS) is 12.6. The van der Waals surface area contributed by atoms with E-state index < -0.39 is 0 Å². The average Bonchev–Trinajstić information content (AvgIpc) is 2.31. The lowest BCUT2D eigenvalue weighted by molar-refractivity contribution is 0.187. The molecule has 0 spiro atoms. The van der Waals surface area contributed by atoms with Crippen molar-refractivity contribution in [2.24, 2.45) is 0 Å². The Balaban J connectivity index is 3.16. The van der Waals surface area contributed by atoms with E-state index in [0.717, 1.165) is 13.2 Å². The summed E-state index contributed by atoms with van der Waals surface area (Å²) in [6.07, 6.45) is 12.4. The molecule has 16 heavy (non-hydrogen) atoms. The van der Waals surface area contributed by atoms with Gasteiger partial charge in [0.05, 0.1) is 13.2 Å². The van der Waals surface area contributed by atoms with Crippen molar-refractivity contribution < 1.29 is 4.74 Å². The number of hydrogen-bond donors (Lipinski definition) is 0. The molecule has 0 bridgehead atoms. The fraction of sp³-hybridized carbons (Fsp3) is 0.714. The second kappa shape index (κ2) is 13.2. The van der Waals surface area contributed by atoms with Gasteiger partial charge in [0.15, 0.2) is 0 Å². The molecule has 0 aliphatic heterocycles. The number of unbranched alkanes of at least 4 members (excludes halogenated alkanes) is 5. The highest BCUT2D eigenvalue weighted by Gasteiger charge is 1.88. The molecule has 0 aromatic carbocycles. The van der Waals surface area contributed by atoms with Crippen molar-refractivity contribution in [1.82, 2.24) is 0 Å². The van der Waals surface area contributed by atoms with Gasteiger partial charge in [-0.3, -0.25) is 0 Å². The summed E-state index contributed by atoms with van der Waals surface area (Å²) in [5.74, 6) is 0. The zero-order valence-electron chi connectivity index (χ0n) is 10.7. The van der Waals surface area contributed by atoms with Gasteiger partial charge in [-0.25, -0.2) is 0 Å². The average molecular weight is 336 g/mol.